The molecule has 0 radical (unpaired) electrons. The molecular formula is C14H18F4N2. The molecule has 0 aliphatic carbocycles. The maximum atomic E-state index is 13.2. The van der Waals surface area contributed by atoms with Crippen molar-refractivity contribution in [1.29, 1.82) is 0 Å². The molecule has 2 unspecified atom stereocenters. The summed E-state index contributed by atoms with van der Waals surface area (Å²) >= 11 is 0. The lowest BCUT2D eigenvalue weighted by atomic mass is 9.90. The number of alkyl halides is 3. The van der Waals surface area contributed by atoms with Gasteiger partial charge in [0.1, 0.15) is 5.82 Å². The van der Waals surface area contributed by atoms with Crippen LogP contribution in [0.25, 0.3) is 0 Å². The second-order valence-corrected chi connectivity index (χ2v) is 5.26. The summed E-state index contributed by atoms with van der Waals surface area (Å²) in [5.74, 6) is -0.761. The fourth-order valence-corrected chi connectivity index (χ4v) is 3.03. The highest BCUT2D eigenvalue weighted by atomic mass is 19.4. The molecule has 0 aromatic heterocycles. The molecule has 2 atom stereocenters. The molecule has 2 rings (SSSR count). The third kappa shape index (κ3) is 2.96. The maximum Gasteiger partial charge on any atom is 0.416 e. The molecular weight excluding hydrogens is 272 g/mol. The number of rotatable bonds is 3. The van der Waals surface area contributed by atoms with Crippen LogP contribution in [0.2, 0.25) is 0 Å². The monoisotopic (exact) mass is 290 g/mol. The number of hydrogen-bond donors (Lipinski definition) is 1. The van der Waals surface area contributed by atoms with Crippen LogP contribution >= 0.6 is 0 Å². The quantitative estimate of drug-likeness (QED) is 0.861. The van der Waals surface area contributed by atoms with Crippen LogP contribution in [0.3, 0.4) is 0 Å². The molecule has 1 N–H and O–H groups in total. The first-order valence-electron chi connectivity index (χ1n) is 6.56. The second-order valence-electron chi connectivity index (χ2n) is 5.26. The van der Waals surface area contributed by atoms with E-state index in [2.05, 4.69) is 5.32 Å². The number of benzene rings is 1. The van der Waals surface area contributed by atoms with E-state index in [9.17, 15) is 17.6 Å². The molecule has 1 aliphatic heterocycles. The molecule has 0 saturated carbocycles. The third-order valence-corrected chi connectivity index (χ3v) is 3.88. The Morgan fingerprint density at radius 1 is 1.35 bits per heavy atom. The molecule has 1 fully saturated rings. The molecule has 1 aromatic rings. The van der Waals surface area contributed by atoms with Crippen molar-refractivity contribution in [3.8, 4) is 0 Å². The highest BCUT2D eigenvalue weighted by Gasteiger charge is 2.40. The second kappa shape index (κ2) is 5.69. The van der Waals surface area contributed by atoms with Crippen LogP contribution in [0.5, 0.6) is 0 Å². The normalized spacial score (nSPS) is 24.3. The van der Waals surface area contributed by atoms with Gasteiger partial charge >= 0.3 is 6.18 Å². The van der Waals surface area contributed by atoms with Crippen molar-refractivity contribution < 1.29 is 17.6 Å². The molecule has 6 heteroatoms. The lowest BCUT2D eigenvalue weighted by molar-refractivity contribution is -0.139. The number of nitrogens with zero attached hydrogens (tertiary/aromatic N) is 1. The largest absolute Gasteiger partial charge is 0.416 e. The Kier molecular flexibility index (Phi) is 4.34. The Bertz CT molecular complexity index is 471. The van der Waals surface area contributed by atoms with E-state index in [0.717, 1.165) is 19.0 Å². The third-order valence-electron chi connectivity index (χ3n) is 3.88. The van der Waals surface area contributed by atoms with Gasteiger partial charge in [-0.05, 0) is 57.2 Å². The first-order valence-corrected chi connectivity index (χ1v) is 6.56. The molecule has 20 heavy (non-hydrogen) atoms. The minimum absolute atomic E-state index is 0.0940. The van der Waals surface area contributed by atoms with E-state index in [0.29, 0.717) is 12.6 Å². The van der Waals surface area contributed by atoms with Crippen LogP contribution < -0.4 is 5.32 Å². The predicted molar refractivity (Wildman–Crippen MR) is 68.8 cm³/mol. The van der Waals surface area contributed by atoms with Gasteiger partial charge in [-0.3, -0.25) is 4.90 Å². The van der Waals surface area contributed by atoms with Crippen LogP contribution in [0.1, 0.15) is 23.6 Å². The molecule has 1 saturated heterocycles. The van der Waals surface area contributed by atoms with Crippen LogP contribution in [-0.2, 0) is 6.18 Å². The molecule has 112 valence electrons. The van der Waals surface area contributed by atoms with Gasteiger partial charge in [0.2, 0.25) is 0 Å². The van der Waals surface area contributed by atoms with Crippen LogP contribution in [0.15, 0.2) is 18.2 Å². The Balaban J connectivity index is 2.45. The highest BCUT2D eigenvalue weighted by molar-refractivity contribution is 5.34. The van der Waals surface area contributed by atoms with Gasteiger partial charge in [-0.25, -0.2) is 4.39 Å². The molecule has 1 heterocycles. The number of nitrogens with one attached hydrogen (secondary N) is 1. The zero-order valence-corrected chi connectivity index (χ0v) is 11.5. The zero-order chi connectivity index (χ0) is 14.9. The van der Waals surface area contributed by atoms with Crippen molar-refractivity contribution in [2.75, 3.05) is 27.2 Å². The van der Waals surface area contributed by atoms with Gasteiger partial charge in [-0.15, -0.1) is 0 Å². The summed E-state index contributed by atoms with van der Waals surface area (Å²) < 4.78 is 52.5. The number of hydrogen-bond acceptors (Lipinski definition) is 2. The van der Waals surface area contributed by atoms with E-state index in [1.54, 1.807) is 7.05 Å². The molecule has 2 nitrogen and oxygen atoms in total. The summed E-state index contributed by atoms with van der Waals surface area (Å²) in [6.45, 7) is 1.38. The maximum absolute atomic E-state index is 13.2. The van der Waals surface area contributed by atoms with E-state index in [1.165, 1.54) is 6.07 Å². The summed E-state index contributed by atoms with van der Waals surface area (Å²) in [4.78, 5) is 1.91. The van der Waals surface area contributed by atoms with Crippen molar-refractivity contribution in [3.05, 3.63) is 35.1 Å². The lowest BCUT2D eigenvalue weighted by Gasteiger charge is -2.28. The zero-order valence-electron chi connectivity index (χ0n) is 11.5. The Hall–Kier alpha value is -1.14. The summed E-state index contributed by atoms with van der Waals surface area (Å²) in [7, 11) is 3.59. The van der Waals surface area contributed by atoms with Crippen molar-refractivity contribution in [1.82, 2.24) is 10.2 Å². The fraction of sp³-hybridized carbons (Fsp3) is 0.571. The van der Waals surface area contributed by atoms with Gasteiger partial charge in [0, 0.05) is 6.04 Å². The van der Waals surface area contributed by atoms with E-state index in [1.807, 2.05) is 11.9 Å². The van der Waals surface area contributed by atoms with Gasteiger partial charge in [0.25, 0.3) is 0 Å². The lowest BCUT2D eigenvalue weighted by Crippen LogP contribution is -2.28. The van der Waals surface area contributed by atoms with E-state index in [4.69, 9.17) is 0 Å². The molecule has 0 bridgehead atoms. The first kappa shape index (κ1) is 15.3. The summed E-state index contributed by atoms with van der Waals surface area (Å²) in [6.07, 6.45) is -3.71. The van der Waals surface area contributed by atoms with Gasteiger partial charge in [0.05, 0.1) is 5.56 Å². The Morgan fingerprint density at radius 3 is 2.65 bits per heavy atom. The van der Waals surface area contributed by atoms with E-state index >= 15 is 0 Å². The minimum Gasteiger partial charge on any atom is -0.319 e. The standard InChI is InChI=1S/C14H18F4N2/c1-19-8-9-5-6-20(2)13(9)11-4-3-10(15)7-12(11)14(16,17)18/h3-4,7,9,13,19H,5-6,8H2,1-2H3. The summed E-state index contributed by atoms with van der Waals surface area (Å²) in [6, 6.07) is 2.64. The summed E-state index contributed by atoms with van der Waals surface area (Å²) in [5.41, 5.74) is -0.698. The number of halogens is 4. The van der Waals surface area contributed by atoms with Gasteiger partial charge < -0.3 is 5.32 Å². The van der Waals surface area contributed by atoms with Crippen LogP contribution in [0.4, 0.5) is 17.6 Å². The first-order chi connectivity index (χ1) is 9.34. The minimum atomic E-state index is -4.54. The Morgan fingerprint density at radius 2 is 2.05 bits per heavy atom. The van der Waals surface area contributed by atoms with Gasteiger partial charge in [-0.2, -0.15) is 13.2 Å². The smallest absolute Gasteiger partial charge is 0.319 e. The molecule has 0 spiro atoms. The van der Waals surface area contributed by atoms with Crippen molar-refractivity contribution in [2.45, 2.75) is 18.6 Å². The van der Waals surface area contributed by atoms with E-state index in [-0.39, 0.29) is 17.5 Å². The van der Waals surface area contributed by atoms with E-state index < -0.39 is 17.6 Å². The molecule has 0 amide bonds. The van der Waals surface area contributed by atoms with Crippen molar-refractivity contribution in [2.24, 2.45) is 5.92 Å². The van der Waals surface area contributed by atoms with Crippen LogP contribution in [-0.4, -0.2) is 32.1 Å². The Labute approximate surface area is 115 Å². The van der Waals surface area contributed by atoms with Crippen molar-refractivity contribution >= 4 is 0 Å². The predicted octanol–water partition coefficient (Wildman–Crippen LogP) is 3.06. The van der Waals surface area contributed by atoms with Crippen molar-refractivity contribution in [3.63, 3.8) is 0 Å². The average molecular weight is 290 g/mol. The molecule has 1 aromatic carbocycles. The topological polar surface area (TPSA) is 15.3 Å². The highest BCUT2D eigenvalue weighted by Crippen LogP contribution is 2.42. The van der Waals surface area contributed by atoms with Crippen LogP contribution in [0, 0.1) is 11.7 Å². The fourth-order valence-electron chi connectivity index (χ4n) is 3.03. The summed E-state index contributed by atoms with van der Waals surface area (Å²) in [5, 5.41) is 3.02. The van der Waals surface area contributed by atoms with Gasteiger partial charge in [0.15, 0.2) is 0 Å². The molecule has 1 aliphatic rings. The number of likely N-dealkylation sites (tertiary alicyclic amines) is 1. The van der Waals surface area contributed by atoms with Gasteiger partial charge in [-0.1, -0.05) is 6.07 Å². The SMILES string of the molecule is CNCC1CCN(C)C1c1ccc(F)cc1C(F)(F)F. The average Bonchev–Trinajstić information content (AvgIpc) is 2.70.